The van der Waals surface area contributed by atoms with Crippen molar-refractivity contribution in [3.8, 4) is 0 Å². The molecule has 3 rings (SSSR count). The molecule has 5 nitrogen and oxygen atoms in total. The van der Waals surface area contributed by atoms with Gasteiger partial charge >= 0.3 is 0 Å². The van der Waals surface area contributed by atoms with Gasteiger partial charge in [-0.25, -0.2) is 8.42 Å². The van der Waals surface area contributed by atoms with Crippen LogP contribution >= 0.6 is 11.3 Å². The molecule has 124 valence electrons. The zero-order valence-corrected chi connectivity index (χ0v) is 14.4. The summed E-state index contributed by atoms with van der Waals surface area (Å²) in [6.45, 7) is 5.29. The van der Waals surface area contributed by atoms with Crippen molar-refractivity contribution in [2.45, 2.75) is 36.7 Å². The summed E-state index contributed by atoms with van der Waals surface area (Å²) in [7, 11) is -3.30. The molecular formula is C15H24N2O3S2. The number of hydrogen-bond acceptors (Lipinski definition) is 5. The van der Waals surface area contributed by atoms with Gasteiger partial charge < -0.3 is 9.64 Å². The molecule has 1 aromatic rings. The molecule has 0 atom stereocenters. The normalized spacial score (nSPS) is 22.4. The van der Waals surface area contributed by atoms with E-state index < -0.39 is 10.0 Å². The zero-order valence-electron chi connectivity index (χ0n) is 12.8. The first-order chi connectivity index (χ1) is 10.7. The second kappa shape index (κ2) is 7.40. The van der Waals surface area contributed by atoms with Gasteiger partial charge in [-0.2, -0.15) is 15.6 Å². The Balaban J connectivity index is 1.42. The molecule has 0 radical (unpaired) electrons. The van der Waals surface area contributed by atoms with Crippen molar-refractivity contribution in [3.05, 3.63) is 16.8 Å². The summed E-state index contributed by atoms with van der Waals surface area (Å²) >= 11 is 1.42. The van der Waals surface area contributed by atoms with Gasteiger partial charge in [-0.3, -0.25) is 0 Å². The maximum atomic E-state index is 12.4. The van der Waals surface area contributed by atoms with E-state index in [0.29, 0.717) is 18.0 Å². The van der Waals surface area contributed by atoms with Crippen LogP contribution in [0.2, 0.25) is 0 Å². The van der Waals surface area contributed by atoms with Gasteiger partial charge in [-0.15, -0.1) is 0 Å². The van der Waals surface area contributed by atoms with Crippen LogP contribution in [-0.4, -0.2) is 63.1 Å². The van der Waals surface area contributed by atoms with Gasteiger partial charge in [0.05, 0.1) is 17.6 Å². The average Bonchev–Trinajstić information content (AvgIpc) is 3.21. The Morgan fingerprint density at radius 2 is 1.91 bits per heavy atom. The molecule has 0 aromatic carbocycles. The van der Waals surface area contributed by atoms with Crippen molar-refractivity contribution >= 4 is 21.4 Å². The van der Waals surface area contributed by atoms with E-state index >= 15 is 0 Å². The molecule has 2 aliphatic heterocycles. The molecule has 2 fully saturated rings. The monoisotopic (exact) mass is 344 g/mol. The molecule has 2 saturated heterocycles. The van der Waals surface area contributed by atoms with Gasteiger partial charge in [0.25, 0.3) is 0 Å². The number of nitrogens with zero attached hydrogens (tertiary/aromatic N) is 2. The Morgan fingerprint density at radius 3 is 2.55 bits per heavy atom. The highest BCUT2D eigenvalue weighted by Gasteiger charge is 2.29. The molecule has 2 aliphatic rings. The molecule has 0 N–H and O–H groups in total. The summed E-state index contributed by atoms with van der Waals surface area (Å²) in [4.78, 5) is 2.86. The lowest BCUT2D eigenvalue weighted by atomic mass is 10.1. The third-order valence-corrected chi connectivity index (χ3v) is 7.22. The lowest BCUT2D eigenvalue weighted by Crippen LogP contribution is -2.41. The minimum Gasteiger partial charge on any atom is -0.377 e. The summed E-state index contributed by atoms with van der Waals surface area (Å²) in [6, 6.07) is 1.68. The molecule has 0 saturated carbocycles. The molecular weight excluding hydrogens is 320 g/mol. The van der Waals surface area contributed by atoms with Crippen molar-refractivity contribution in [2.75, 3.05) is 39.3 Å². The molecule has 7 heteroatoms. The van der Waals surface area contributed by atoms with Crippen LogP contribution in [-0.2, 0) is 14.8 Å². The number of rotatable bonds is 6. The predicted octanol–water partition coefficient (Wildman–Crippen LogP) is 2.01. The maximum Gasteiger partial charge on any atom is 0.243 e. The number of thiophene rings is 1. The van der Waals surface area contributed by atoms with Crippen LogP contribution in [0.3, 0.4) is 0 Å². The Kier molecular flexibility index (Phi) is 5.51. The van der Waals surface area contributed by atoms with Crippen molar-refractivity contribution in [1.82, 2.24) is 9.21 Å². The Bertz CT molecular complexity index is 545. The van der Waals surface area contributed by atoms with E-state index in [1.807, 2.05) is 0 Å². The standard InChI is InChI=1S/C15H24N2O3S2/c18-22(19,15-5-12-21-13-15)17-8-3-14(4-9-17)20-11-10-16-6-1-2-7-16/h5,12-14H,1-4,6-11H2. The summed E-state index contributed by atoms with van der Waals surface area (Å²) in [5, 5.41) is 3.51. The van der Waals surface area contributed by atoms with E-state index in [9.17, 15) is 8.42 Å². The quantitative estimate of drug-likeness (QED) is 0.792. The highest BCUT2D eigenvalue weighted by molar-refractivity contribution is 7.89. The van der Waals surface area contributed by atoms with Crippen molar-refractivity contribution in [3.63, 3.8) is 0 Å². The number of hydrogen-bond donors (Lipinski definition) is 0. The van der Waals surface area contributed by atoms with E-state index in [0.717, 1.165) is 26.0 Å². The fraction of sp³-hybridized carbons (Fsp3) is 0.733. The number of likely N-dealkylation sites (tertiary alicyclic amines) is 1. The van der Waals surface area contributed by atoms with Crippen LogP contribution in [0.1, 0.15) is 25.7 Å². The average molecular weight is 345 g/mol. The van der Waals surface area contributed by atoms with Crippen LogP contribution in [0.4, 0.5) is 0 Å². The minimum atomic E-state index is -3.30. The van der Waals surface area contributed by atoms with Gasteiger partial charge in [0, 0.05) is 25.0 Å². The van der Waals surface area contributed by atoms with Gasteiger partial charge in [0.15, 0.2) is 0 Å². The Morgan fingerprint density at radius 1 is 1.18 bits per heavy atom. The SMILES string of the molecule is O=S(=O)(c1ccsc1)N1CCC(OCCN2CCCC2)CC1. The topological polar surface area (TPSA) is 49.9 Å². The molecule has 1 aromatic heterocycles. The van der Waals surface area contributed by atoms with E-state index in [2.05, 4.69) is 4.90 Å². The highest BCUT2D eigenvalue weighted by atomic mass is 32.2. The second-order valence-corrected chi connectivity index (χ2v) is 8.70. The third kappa shape index (κ3) is 3.89. The van der Waals surface area contributed by atoms with Gasteiger partial charge in [-0.05, 0) is 50.2 Å². The fourth-order valence-corrected chi connectivity index (χ4v) is 5.63. The Labute approximate surface area is 136 Å². The largest absolute Gasteiger partial charge is 0.377 e. The first-order valence-electron chi connectivity index (χ1n) is 8.02. The molecule has 0 spiro atoms. The van der Waals surface area contributed by atoms with E-state index in [-0.39, 0.29) is 6.10 Å². The number of piperidine rings is 1. The predicted molar refractivity (Wildman–Crippen MR) is 87.7 cm³/mol. The smallest absolute Gasteiger partial charge is 0.243 e. The molecule has 3 heterocycles. The maximum absolute atomic E-state index is 12.4. The fourth-order valence-electron chi connectivity index (χ4n) is 3.14. The van der Waals surface area contributed by atoms with Crippen molar-refractivity contribution < 1.29 is 13.2 Å². The summed E-state index contributed by atoms with van der Waals surface area (Å²) in [6.07, 6.45) is 4.40. The number of sulfonamides is 1. The minimum absolute atomic E-state index is 0.205. The van der Waals surface area contributed by atoms with Crippen molar-refractivity contribution in [1.29, 1.82) is 0 Å². The first kappa shape index (κ1) is 16.4. The van der Waals surface area contributed by atoms with E-state index in [4.69, 9.17) is 4.74 Å². The van der Waals surface area contributed by atoms with Crippen LogP contribution in [0.5, 0.6) is 0 Å². The van der Waals surface area contributed by atoms with Gasteiger partial charge in [-0.1, -0.05) is 0 Å². The van der Waals surface area contributed by atoms with Crippen LogP contribution in [0, 0.1) is 0 Å². The van der Waals surface area contributed by atoms with Gasteiger partial charge in [0.1, 0.15) is 0 Å². The van der Waals surface area contributed by atoms with Gasteiger partial charge in [0.2, 0.25) is 10.0 Å². The van der Waals surface area contributed by atoms with E-state index in [1.165, 1.54) is 37.3 Å². The van der Waals surface area contributed by atoms with E-state index in [1.54, 1.807) is 21.1 Å². The summed E-state index contributed by atoms with van der Waals surface area (Å²) < 4.78 is 32.4. The molecule has 0 amide bonds. The second-order valence-electron chi connectivity index (χ2n) is 5.98. The van der Waals surface area contributed by atoms with Crippen LogP contribution < -0.4 is 0 Å². The lowest BCUT2D eigenvalue weighted by molar-refractivity contribution is 0.0125. The molecule has 0 unspecified atom stereocenters. The lowest BCUT2D eigenvalue weighted by Gasteiger charge is -2.31. The van der Waals surface area contributed by atoms with Crippen LogP contribution in [0.25, 0.3) is 0 Å². The summed E-state index contributed by atoms with van der Waals surface area (Å²) in [5.74, 6) is 0. The van der Waals surface area contributed by atoms with Crippen LogP contribution in [0.15, 0.2) is 21.7 Å². The first-order valence-corrected chi connectivity index (χ1v) is 10.4. The Hall–Kier alpha value is -0.470. The highest BCUT2D eigenvalue weighted by Crippen LogP contribution is 2.23. The van der Waals surface area contributed by atoms with Crippen molar-refractivity contribution in [2.24, 2.45) is 0 Å². The molecule has 0 bridgehead atoms. The third-order valence-electron chi connectivity index (χ3n) is 4.49. The number of ether oxygens (including phenoxy) is 1. The molecule has 0 aliphatic carbocycles. The zero-order chi connectivity index (χ0) is 15.4. The molecule has 22 heavy (non-hydrogen) atoms. The summed E-state index contributed by atoms with van der Waals surface area (Å²) in [5.41, 5.74) is 0.